The first-order valence-electron chi connectivity index (χ1n) is 6.71. The van der Waals surface area contributed by atoms with Crippen LogP contribution in [0.2, 0.25) is 0 Å². The number of nitrogens with zero attached hydrogens (tertiary/aromatic N) is 2. The number of hydrogen-bond donors (Lipinski definition) is 1. The SMILES string of the molecule is CCN(CC)CC(C)Nc1ccc(C)c([N+](=O)[O-])c1. The van der Waals surface area contributed by atoms with Crippen molar-refractivity contribution in [1.29, 1.82) is 0 Å². The first kappa shape index (κ1) is 15.4. The van der Waals surface area contributed by atoms with Gasteiger partial charge >= 0.3 is 0 Å². The van der Waals surface area contributed by atoms with Crippen LogP contribution in [0.15, 0.2) is 18.2 Å². The number of nitro groups is 1. The highest BCUT2D eigenvalue weighted by atomic mass is 16.6. The Morgan fingerprint density at radius 2 is 2.00 bits per heavy atom. The number of nitro benzene ring substituents is 1. The van der Waals surface area contributed by atoms with Crippen molar-refractivity contribution < 1.29 is 4.92 Å². The van der Waals surface area contributed by atoms with Crippen LogP contribution in [-0.2, 0) is 0 Å². The molecule has 1 unspecified atom stereocenters. The highest BCUT2D eigenvalue weighted by molar-refractivity contribution is 5.55. The minimum atomic E-state index is -0.338. The van der Waals surface area contributed by atoms with Crippen LogP contribution < -0.4 is 5.32 Å². The number of nitrogens with one attached hydrogen (secondary N) is 1. The lowest BCUT2D eigenvalue weighted by Crippen LogP contribution is -2.34. The maximum absolute atomic E-state index is 10.9. The van der Waals surface area contributed by atoms with Crippen molar-refractivity contribution in [3.05, 3.63) is 33.9 Å². The van der Waals surface area contributed by atoms with Crippen LogP contribution in [0.5, 0.6) is 0 Å². The zero-order valence-electron chi connectivity index (χ0n) is 12.1. The van der Waals surface area contributed by atoms with E-state index in [4.69, 9.17) is 0 Å². The molecule has 106 valence electrons. The van der Waals surface area contributed by atoms with Gasteiger partial charge in [0.25, 0.3) is 5.69 Å². The van der Waals surface area contributed by atoms with Crippen molar-refractivity contribution in [2.75, 3.05) is 25.0 Å². The van der Waals surface area contributed by atoms with E-state index < -0.39 is 0 Å². The second-order valence-corrected chi connectivity index (χ2v) is 4.79. The highest BCUT2D eigenvalue weighted by Crippen LogP contribution is 2.22. The monoisotopic (exact) mass is 265 g/mol. The van der Waals surface area contributed by atoms with Crippen molar-refractivity contribution in [1.82, 2.24) is 4.90 Å². The molecule has 0 amide bonds. The molecule has 1 N–H and O–H groups in total. The summed E-state index contributed by atoms with van der Waals surface area (Å²) in [4.78, 5) is 12.9. The molecular formula is C14H23N3O2. The van der Waals surface area contributed by atoms with Crippen molar-refractivity contribution in [2.45, 2.75) is 33.7 Å². The summed E-state index contributed by atoms with van der Waals surface area (Å²) in [6, 6.07) is 5.53. The standard InChI is InChI=1S/C14H23N3O2/c1-5-16(6-2)10-12(4)15-13-8-7-11(3)14(9-13)17(18)19/h7-9,12,15H,5-6,10H2,1-4H3. The summed E-state index contributed by atoms with van der Waals surface area (Å²) in [7, 11) is 0. The fourth-order valence-corrected chi connectivity index (χ4v) is 2.10. The van der Waals surface area contributed by atoms with Crippen molar-refractivity contribution >= 4 is 11.4 Å². The highest BCUT2D eigenvalue weighted by Gasteiger charge is 2.13. The maximum Gasteiger partial charge on any atom is 0.274 e. The van der Waals surface area contributed by atoms with Gasteiger partial charge in [-0.25, -0.2) is 0 Å². The zero-order chi connectivity index (χ0) is 14.4. The topological polar surface area (TPSA) is 58.4 Å². The Balaban J connectivity index is 2.71. The molecule has 0 aliphatic carbocycles. The Hall–Kier alpha value is -1.62. The first-order chi connectivity index (χ1) is 8.97. The van der Waals surface area contributed by atoms with Gasteiger partial charge in [-0.05, 0) is 33.0 Å². The third-order valence-corrected chi connectivity index (χ3v) is 3.25. The minimum Gasteiger partial charge on any atom is -0.381 e. The molecule has 19 heavy (non-hydrogen) atoms. The van der Waals surface area contributed by atoms with Gasteiger partial charge in [-0.2, -0.15) is 0 Å². The Morgan fingerprint density at radius 3 is 2.53 bits per heavy atom. The van der Waals surface area contributed by atoms with E-state index in [1.165, 1.54) is 0 Å². The second kappa shape index (κ2) is 7.09. The van der Waals surface area contributed by atoms with Gasteiger partial charge in [0.1, 0.15) is 0 Å². The fraction of sp³-hybridized carbons (Fsp3) is 0.571. The summed E-state index contributed by atoms with van der Waals surface area (Å²) in [5.74, 6) is 0. The number of aryl methyl sites for hydroxylation is 1. The number of likely N-dealkylation sites (N-methyl/N-ethyl adjacent to an activating group) is 1. The van der Waals surface area contributed by atoms with Crippen LogP contribution in [0, 0.1) is 17.0 Å². The second-order valence-electron chi connectivity index (χ2n) is 4.79. The zero-order valence-corrected chi connectivity index (χ0v) is 12.1. The molecule has 0 bridgehead atoms. The summed E-state index contributed by atoms with van der Waals surface area (Å²) in [6.45, 7) is 11.0. The number of anilines is 1. The molecule has 1 rings (SSSR count). The quantitative estimate of drug-likeness (QED) is 0.608. The number of hydrogen-bond acceptors (Lipinski definition) is 4. The Kier molecular flexibility index (Phi) is 5.76. The van der Waals surface area contributed by atoms with E-state index in [9.17, 15) is 10.1 Å². The molecule has 0 heterocycles. The normalized spacial score (nSPS) is 12.5. The Morgan fingerprint density at radius 1 is 1.37 bits per heavy atom. The molecule has 5 heteroatoms. The Bertz CT molecular complexity index is 431. The van der Waals surface area contributed by atoms with E-state index in [1.807, 2.05) is 6.07 Å². The van der Waals surface area contributed by atoms with Gasteiger partial charge in [-0.3, -0.25) is 10.1 Å². The van der Waals surface area contributed by atoms with Gasteiger partial charge in [0, 0.05) is 29.9 Å². The molecule has 0 aliphatic heterocycles. The summed E-state index contributed by atoms with van der Waals surface area (Å²) in [5, 5.41) is 14.2. The van der Waals surface area contributed by atoms with Crippen molar-refractivity contribution in [3.63, 3.8) is 0 Å². The van der Waals surface area contributed by atoms with E-state index in [2.05, 4.69) is 31.0 Å². The largest absolute Gasteiger partial charge is 0.381 e. The van der Waals surface area contributed by atoms with Crippen LogP contribution in [0.25, 0.3) is 0 Å². The van der Waals surface area contributed by atoms with Crippen LogP contribution in [0.4, 0.5) is 11.4 Å². The summed E-state index contributed by atoms with van der Waals surface area (Å²) < 4.78 is 0. The molecule has 1 aromatic rings. The summed E-state index contributed by atoms with van der Waals surface area (Å²) in [6.07, 6.45) is 0. The van der Waals surface area contributed by atoms with Gasteiger partial charge in [-0.15, -0.1) is 0 Å². The lowest BCUT2D eigenvalue weighted by Gasteiger charge is -2.24. The third-order valence-electron chi connectivity index (χ3n) is 3.25. The molecule has 1 atom stereocenters. The van der Waals surface area contributed by atoms with Gasteiger partial charge in [0.2, 0.25) is 0 Å². The van der Waals surface area contributed by atoms with Gasteiger partial charge in [0.05, 0.1) is 4.92 Å². The minimum absolute atomic E-state index is 0.167. The van der Waals surface area contributed by atoms with Crippen LogP contribution in [0.3, 0.4) is 0 Å². The average molecular weight is 265 g/mol. The van der Waals surface area contributed by atoms with E-state index in [1.54, 1.807) is 19.1 Å². The first-order valence-corrected chi connectivity index (χ1v) is 6.71. The van der Waals surface area contributed by atoms with E-state index >= 15 is 0 Å². The van der Waals surface area contributed by atoms with E-state index in [-0.39, 0.29) is 16.7 Å². The molecule has 0 spiro atoms. The van der Waals surface area contributed by atoms with Crippen LogP contribution in [0.1, 0.15) is 26.3 Å². The Labute approximate surface area is 114 Å². The lowest BCUT2D eigenvalue weighted by atomic mass is 10.1. The van der Waals surface area contributed by atoms with Gasteiger partial charge < -0.3 is 10.2 Å². The number of benzene rings is 1. The molecule has 0 fully saturated rings. The average Bonchev–Trinajstić information content (AvgIpc) is 2.37. The fourth-order valence-electron chi connectivity index (χ4n) is 2.10. The van der Waals surface area contributed by atoms with Crippen molar-refractivity contribution in [3.8, 4) is 0 Å². The number of rotatable bonds is 7. The molecule has 0 saturated heterocycles. The predicted octanol–water partition coefficient (Wildman–Crippen LogP) is 3.05. The molecule has 0 aliphatic rings. The molecular weight excluding hydrogens is 242 g/mol. The predicted molar refractivity (Wildman–Crippen MR) is 78.7 cm³/mol. The summed E-state index contributed by atoms with van der Waals surface area (Å²) >= 11 is 0. The lowest BCUT2D eigenvalue weighted by molar-refractivity contribution is -0.385. The molecule has 0 aromatic heterocycles. The van der Waals surface area contributed by atoms with Crippen LogP contribution in [-0.4, -0.2) is 35.5 Å². The van der Waals surface area contributed by atoms with Crippen molar-refractivity contribution in [2.24, 2.45) is 0 Å². The maximum atomic E-state index is 10.9. The third kappa shape index (κ3) is 4.52. The molecule has 0 saturated carbocycles. The van der Waals surface area contributed by atoms with E-state index in [0.29, 0.717) is 5.56 Å². The smallest absolute Gasteiger partial charge is 0.274 e. The molecule has 0 radical (unpaired) electrons. The molecule has 5 nitrogen and oxygen atoms in total. The molecule has 1 aromatic carbocycles. The van der Waals surface area contributed by atoms with Crippen LogP contribution >= 0.6 is 0 Å². The van der Waals surface area contributed by atoms with E-state index in [0.717, 1.165) is 25.3 Å². The van der Waals surface area contributed by atoms with Gasteiger partial charge in [0.15, 0.2) is 0 Å². The van der Waals surface area contributed by atoms with Gasteiger partial charge in [-0.1, -0.05) is 19.9 Å². The summed E-state index contributed by atoms with van der Waals surface area (Å²) in [5.41, 5.74) is 1.66.